The topological polar surface area (TPSA) is 77.3 Å². The Morgan fingerprint density at radius 2 is 2.20 bits per heavy atom. The van der Waals surface area contributed by atoms with Crippen LogP contribution in [0, 0.1) is 15.9 Å². The van der Waals surface area contributed by atoms with Crippen LogP contribution in [0.5, 0.6) is 5.88 Å². The second-order valence-electron chi connectivity index (χ2n) is 3.95. The highest BCUT2D eigenvalue weighted by Crippen LogP contribution is 2.22. The monoisotopic (exact) mass is 277 g/mol. The number of methoxy groups -OCH3 is 1. The first-order valence-electron chi connectivity index (χ1n) is 5.78. The zero-order valence-corrected chi connectivity index (χ0v) is 10.7. The number of nitrogens with zero attached hydrogens (tertiary/aromatic N) is 2. The summed E-state index contributed by atoms with van der Waals surface area (Å²) >= 11 is 0. The molecule has 0 saturated carbocycles. The molecule has 2 rings (SSSR count). The van der Waals surface area contributed by atoms with Gasteiger partial charge in [0.05, 0.1) is 24.3 Å². The summed E-state index contributed by atoms with van der Waals surface area (Å²) in [5.41, 5.74) is 0.590. The van der Waals surface area contributed by atoms with E-state index >= 15 is 0 Å². The fourth-order valence-electron chi connectivity index (χ4n) is 1.62. The Bertz CT molecular complexity index is 634. The third kappa shape index (κ3) is 3.19. The molecule has 2 aromatic rings. The Kier molecular flexibility index (Phi) is 4.09. The van der Waals surface area contributed by atoms with Crippen molar-refractivity contribution in [2.75, 3.05) is 12.4 Å². The standard InChI is InChI=1S/C13H12FN3O3/c1-20-13-4-2-3-10(16-13)8-15-9-5-6-11(14)12(7-9)17(18)19/h2-7,15H,8H2,1H3. The van der Waals surface area contributed by atoms with Crippen LogP contribution in [0.15, 0.2) is 36.4 Å². The van der Waals surface area contributed by atoms with Crippen molar-refractivity contribution in [1.29, 1.82) is 0 Å². The van der Waals surface area contributed by atoms with E-state index in [9.17, 15) is 14.5 Å². The van der Waals surface area contributed by atoms with Crippen molar-refractivity contribution in [3.63, 3.8) is 0 Å². The average Bonchev–Trinajstić information content (AvgIpc) is 2.46. The Morgan fingerprint density at radius 3 is 2.90 bits per heavy atom. The number of hydrogen-bond acceptors (Lipinski definition) is 5. The predicted molar refractivity (Wildman–Crippen MR) is 71.2 cm³/mol. The third-order valence-corrected chi connectivity index (χ3v) is 2.61. The minimum absolute atomic E-state index is 0.347. The van der Waals surface area contributed by atoms with E-state index < -0.39 is 16.4 Å². The summed E-state index contributed by atoms with van der Waals surface area (Å²) in [7, 11) is 1.52. The molecule has 0 amide bonds. The highest BCUT2D eigenvalue weighted by molar-refractivity contribution is 5.51. The van der Waals surface area contributed by atoms with Crippen molar-refractivity contribution in [1.82, 2.24) is 4.98 Å². The summed E-state index contributed by atoms with van der Waals surface area (Å²) < 4.78 is 18.2. The molecule has 1 aromatic heterocycles. The molecule has 0 atom stereocenters. The zero-order valence-electron chi connectivity index (χ0n) is 10.7. The van der Waals surface area contributed by atoms with Gasteiger partial charge in [-0.1, -0.05) is 6.07 Å². The largest absolute Gasteiger partial charge is 0.481 e. The number of halogens is 1. The highest BCUT2D eigenvalue weighted by Gasteiger charge is 2.14. The number of pyridine rings is 1. The molecule has 0 spiro atoms. The van der Waals surface area contributed by atoms with Crippen LogP contribution >= 0.6 is 0 Å². The van der Waals surface area contributed by atoms with Crippen molar-refractivity contribution >= 4 is 11.4 Å². The number of anilines is 1. The number of ether oxygens (including phenoxy) is 1. The van der Waals surface area contributed by atoms with Gasteiger partial charge >= 0.3 is 5.69 Å². The Hall–Kier alpha value is -2.70. The van der Waals surface area contributed by atoms with Gasteiger partial charge in [-0.15, -0.1) is 0 Å². The maximum Gasteiger partial charge on any atom is 0.306 e. The van der Waals surface area contributed by atoms with E-state index in [1.807, 2.05) is 0 Å². The van der Waals surface area contributed by atoms with Crippen molar-refractivity contribution in [3.8, 4) is 5.88 Å². The van der Waals surface area contributed by atoms with Crippen LogP contribution in [0.4, 0.5) is 15.8 Å². The third-order valence-electron chi connectivity index (χ3n) is 2.61. The number of nitro groups is 1. The Morgan fingerprint density at radius 1 is 1.40 bits per heavy atom. The molecule has 7 heteroatoms. The minimum atomic E-state index is -0.861. The van der Waals surface area contributed by atoms with Crippen LogP contribution < -0.4 is 10.1 Å². The Labute approximate surface area is 114 Å². The van der Waals surface area contributed by atoms with E-state index in [4.69, 9.17) is 4.74 Å². The smallest absolute Gasteiger partial charge is 0.306 e. The van der Waals surface area contributed by atoms with Gasteiger partial charge < -0.3 is 10.1 Å². The van der Waals surface area contributed by atoms with Gasteiger partial charge in [-0.05, 0) is 18.2 Å². The number of aromatic nitrogens is 1. The SMILES string of the molecule is COc1cccc(CNc2ccc(F)c([N+](=O)[O-])c2)n1. The quantitative estimate of drug-likeness (QED) is 0.671. The van der Waals surface area contributed by atoms with Crippen molar-refractivity contribution in [2.45, 2.75) is 6.54 Å². The molecule has 0 unspecified atom stereocenters. The summed E-state index contributed by atoms with van der Waals surface area (Å²) in [4.78, 5) is 14.1. The molecule has 104 valence electrons. The van der Waals surface area contributed by atoms with Crippen LogP contribution in [0.25, 0.3) is 0 Å². The van der Waals surface area contributed by atoms with Gasteiger partial charge in [-0.3, -0.25) is 10.1 Å². The fourth-order valence-corrected chi connectivity index (χ4v) is 1.62. The molecule has 1 N–H and O–H groups in total. The van der Waals surface area contributed by atoms with E-state index in [1.54, 1.807) is 18.2 Å². The number of rotatable bonds is 5. The Balaban J connectivity index is 2.10. The number of nitrogens with one attached hydrogen (secondary N) is 1. The molecule has 0 aliphatic heterocycles. The molecule has 1 aromatic carbocycles. The van der Waals surface area contributed by atoms with Gasteiger partial charge in [0, 0.05) is 17.8 Å². The molecule has 0 fully saturated rings. The van der Waals surface area contributed by atoms with Crippen LogP contribution in [0.3, 0.4) is 0 Å². The summed E-state index contributed by atoms with van der Waals surface area (Å²) in [6, 6.07) is 8.92. The van der Waals surface area contributed by atoms with Crippen LogP contribution in [0.1, 0.15) is 5.69 Å². The lowest BCUT2D eigenvalue weighted by Gasteiger charge is -2.07. The number of nitro benzene ring substituents is 1. The lowest BCUT2D eigenvalue weighted by atomic mass is 10.2. The number of benzene rings is 1. The first-order chi connectivity index (χ1) is 9.60. The summed E-state index contributed by atoms with van der Waals surface area (Å²) in [5.74, 6) is -0.380. The van der Waals surface area contributed by atoms with Crippen molar-refractivity contribution in [3.05, 3.63) is 58.0 Å². The van der Waals surface area contributed by atoms with Crippen LogP contribution in [-0.4, -0.2) is 17.0 Å². The normalized spacial score (nSPS) is 10.1. The molecular formula is C13H12FN3O3. The first kappa shape index (κ1) is 13.7. The molecule has 20 heavy (non-hydrogen) atoms. The summed E-state index contributed by atoms with van der Waals surface area (Å²) in [6.45, 7) is 0.347. The lowest BCUT2D eigenvalue weighted by molar-refractivity contribution is -0.387. The second-order valence-corrected chi connectivity index (χ2v) is 3.95. The maximum absolute atomic E-state index is 13.2. The zero-order chi connectivity index (χ0) is 14.5. The van der Waals surface area contributed by atoms with E-state index in [2.05, 4.69) is 10.3 Å². The van der Waals surface area contributed by atoms with Gasteiger partial charge in [-0.25, -0.2) is 4.98 Å². The maximum atomic E-state index is 13.2. The molecule has 0 radical (unpaired) electrons. The first-order valence-corrected chi connectivity index (χ1v) is 5.78. The van der Waals surface area contributed by atoms with Crippen LogP contribution in [0.2, 0.25) is 0 Å². The predicted octanol–water partition coefficient (Wildman–Crippen LogP) is 2.75. The molecular weight excluding hydrogens is 265 g/mol. The van der Waals surface area contributed by atoms with Crippen LogP contribution in [-0.2, 0) is 6.54 Å². The molecule has 1 heterocycles. The van der Waals surface area contributed by atoms with Crippen molar-refractivity contribution in [2.24, 2.45) is 0 Å². The molecule has 0 aliphatic rings. The van der Waals surface area contributed by atoms with Gasteiger partial charge in [-0.2, -0.15) is 4.39 Å². The molecule has 0 aliphatic carbocycles. The van der Waals surface area contributed by atoms with Gasteiger partial charge in [0.15, 0.2) is 0 Å². The van der Waals surface area contributed by atoms with E-state index in [-0.39, 0.29) is 0 Å². The van der Waals surface area contributed by atoms with E-state index in [1.165, 1.54) is 13.2 Å². The molecule has 0 saturated heterocycles. The number of hydrogen-bond donors (Lipinski definition) is 1. The van der Waals surface area contributed by atoms with E-state index in [0.29, 0.717) is 23.8 Å². The average molecular weight is 277 g/mol. The summed E-state index contributed by atoms with van der Waals surface area (Å²) in [5, 5.41) is 13.6. The summed E-state index contributed by atoms with van der Waals surface area (Å²) in [6.07, 6.45) is 0. The van der Waals surface area contributed by atoms with Crippen molar-refractivity contribution < 1.29 is 14.1 Å². The van der Waals surface area contributed by atoms with Gasteiger partial charge in [0.2, 0.25) is 11.7 Å². The lowest BCUT2D eigenvalue weighted by Crippen LogP contribution is -2.03. The minimum Gasteiger partial charge on any atom is -0.481 e. The fraction of sp³-hybridized carbons (Fsp3) is 0.154. The molecule has 6 nitrogen and oxygen atoms in total. The highest BCUT2D eigenvalue weighted by atomic mass is 19.1. The second kappa shape index (κ2) is 5.96. The van der Waals surface area contributed by atoms with E-state index in [0.717, 1.165) is 12.1 Å². The van der Waals surface area contributed by atoms with Gasteiger partial charge in [0.25, 0.3) is 0 Å². The van der Waals surface area contributed by atoms with Gasteiger partial charge in [0.1, 0.15) is 0 Å². The molecule has 0 bridgehead atoms.